The van der Waals surface area contributed by atoms with Crippen molar-refractivity contribution in [2.24, 2.45) is 0 Å². The average Bonchev–Trinajstić information content (AvgIpc) is 2.67. The summed E-state index contributed by atoms with van der Waals surface area (Å²) in [6, 6.07) is 2.05. The number of nitriles is 1. The molecule has 1 aliphatic heterocycles. The van der Waals surface area contributed by atoms with Gasteiger partial charge in [0.1, 0.15) is 6.10 Å². The average molecular weight is 141 g/mol. The molecule has 0 spiro atoms. The first kappa shape index (κ1) is 7.52. The Bertz CT molecular complexity index is 137. The lowest BCUT2D eigenvalue weighted by atomic mass is 10.3. The van der Waals surface area contributed by atoms with Crippen molar-refractivity contribution in [3.05, 3.63) is 0 Å². The van der Waals surface area contributed by atoms with Crippen LogP contribution < -0.4 is 0 Å². The molecule has 0 radical (unpaired) electrons. The molecule has 3 heteroatoms. The molecule has 0 aliphatic carbocycles. The second kappa shape index (κ2) is 3.55. The minimum Gasteiger partial charge on any atom is -0.375 e. The summed E-state index contributed by atoms with van der Waals surface area (Å²) in [4.78, 5) is 0. The maximum atomic E-state index is 8.26. The first-order valence-corrected chi connectivity index (χ1v) is 3.43. The molecule has 1 aliphatic rings. The number of epoxide rings is 1. The Hall–Kier alpha value is -0.590. The lowest BCUT2D eigenvalue weighted by Crippen LogP contribution is -2.11. The van der Waals surface area contributed by atoms with Crippen LogP contribution in [0.1, 0.15) is 13.3 Å². The van der Waals surface area contributed by atoms with Crippen LogP contribution in [0.2, 0.25) is 0 Å². The van der Waals surface area contributed by atoms with E-state index in [1.54, 1.807) is 0 Å². The van der Waals surface area contributed by atoms with Gasteiger partial charge in [-0.05, 0) is 6.92 Å². The fourth-order valence-corrected chi connectivity index (χ4v) is 0.623. The van der Waals surface area contributed by atoms with Gasteiger partial charge < -0.3 is 9.47 Å². The summed E-state index contributed by atoms with van der Waals surface area (Å²) in [5.74, 6) is 0. The maximum Gasteiger partial charge on any atom is 0.104 e. The molecule has 0 amide bonds. The maximum absolute atomic E-state index is 8.26. The quantitative estimate of drug-likeness (QED) is 0.541. The predicted molar refractivity (Wildman–Crippen MR) is 35.4 cm³/mol. The summed E-state index contributed by atoms with van der Waals surface area (Å²) in [5, 5.41) is 8.26. The van der Waals surface area contributed by atoms with E-state index in [-0.39, 0.29) is 6.10 Å². The summed E-state index contributed by atoms with van der Waals surface area (Å²) in [7, 11) is 0. The first-order chi connectivity index (χ1) is 4.83. The molecule has 1 saturated heterocycles. The van der Waals surface area contributed by atoms with Gasteiger partial charge in [-0.2, -0.15) is 5.26 Å². The summed E-state index contributed by atoms with van der Waals surface area (Å²) in [5.41, 5.74) is 0. The second-order valence-corrected chi connectivity index (χ2v) is 2.46. The van der Waals surface area contributed by atoms with E-state index in [0.29, 0.717) is 19.1 Å². The van der Waals surface area contributed by atoms with Crippen molar-refractivity contribution < 1.29 is 9.47 Å². The van der Waals surface area contributed by atoms with Crippen molar-refractivity contribution in [1.29, 1.82) is 5.26 Å². The Labute approximate surface area is 60.5 Å². The van der Waals surface area contributed by atoms with Crippen LogP contribution in [0, 0.1) is 11.3 Å². The topological polar surface area (TPSA) is 45.5 Å². The van der Waals surface area contributed by atoms with Crippen molar-refractivity contribution in [2.45, 2.75) is 25.6 Å². The van der Waals surface area contributed by atoms with E-state index in [1.165, 1.54) is 0 Å². The van der Waals surface area contributed by atoms with Crippen molar-refractivity contribution in [1.82, 2.24) is 0 Å². The zero-order valence-electron chi connectivity index (χ0n) is 6.04. The molecule has 1 rings (SSSR count). The van der Waals surface area contributed by atoms with Crippen LogP contribution >= 0.6 is 0 Å². The molecule has 56 valence electrons. The van der Waals surface area contributed by atoms with E-state index < -0.39 is 0 Å². The van der Waals surface area contributed by atoms with Gasteiger partial charge in [0.2, 0.25) is 0 Å². The van der Waals surface area contributed by atoms with E-state index in [0.717, 1.165) is 6.61 Å². The third-order valence-corrected chi connectivity index (χ3v) is 1.35. The molecule has 3 nitrogen and oxygen atoms in total. The van der Waals surface area contributed by atoms with E-state index in [4.69, 9.17) is 14.7 Å². The van der Waals surface area contributed by atoms with Crippen LogP contribution in [0.3, 0.4) is 0 Å². The van der Waals surface area contributed by atoms with Gasteiger partial charge in [0.25, 0.3) is 0 Å². The Morgan fingerprint density at radius 2 is 2.60 bits per heavy atom. The van der Waals surface area contributed by atoms with Gasteiger partial charge in [0.05, 0.1) is 31.8 Å². The van der Waals surface area contributed by atoms with Crippen LogP contribution in [-0.4, -0.2) is 25.4 Å². The number of nitrogens with zero attached hydrogens (tertiary/aromatic N) is 1. The molecule has 2 atom stereocenters. The standard InChI is InChI=1S/C7H11NO2/c1-6(2-3-8)9-4-7-5-10-7/h6-7H,2,4-5H2,1H3. The zero-order valence-corrected chi connectivity index (χ0v) is 6.04. The van der Waals surface area contributed by atoms with E-state index in [2.05, 4.69) is 0 Å². The molecular formula is C7H11NO2. The third kappa shape index (κ3) is 2.81. The van der Waals surface area contributed by atoms with Gasteiger partial charge in [0, 0.05) is 0 Å². The van der Waals surface area contributed by atoms with Crippen molar-refractivity contribution in [3.63, 3.8) is 0 Å². The van der Waals surface area contributed by atoms with Gasteiger partial charge in [-0.1, -0.05) is 0 Å². The SMILES string of the molecule is CC(CC#N)OCC1CO1. The smallest absolute Gasteiger partial charge is 0.104 e. The van der Waals surface area contributed by atoms with Crippen LogP contribution in [0.25, 0.3) is 0 Å². The Morgan fingerprint density at radius 1 is 1.90 bits per heavy atom. The molecule has 1 fully saturated rings. The fourth-order valence-electron chi connectivity index (χ4n) is 0.623. The highest BCUT2D eigenvalue weighted by Gasteiger charge is 2.23. The highest BCUT2D eigenvalue weighted by atomic mass is 16.6. The van der Waals surface area contributed by atoms with Crippen LogP contribution in [0.15, 0.2) is 0 Å². The van der Waals surface area contributed by atoms with Crippen molar-refractivity contribution in [2.75, 3.05) is 13.2 Å². The minimum absolute atomic E-state index is 0.0502. The van der Waals surface area contributed by atoms with E-state index in [1.807, 2.05) is 13.0 Å². The number of rotatable bonds is 4. The third-order valence-electron chi connectivity index (χ3n) is 1.35. The fraction of sp³-hybridized carbons (Fsp3) is 0.857. The summed E-state index contributed by atoms with van der Waals surface area (Å²) < 4.78 is 10.2. The van der Waals surface area contributed by atoms with E-state index >= 15 is 0 Å². The molecular weight excluding hydrogens is 130 g/mol. The normalized spacial score (nSPS) is 25.4. The molecule has 0 aromatic heterocycles. The Balaban J connectivity index is 1.95. The largest absolute Gasteiger partial charge is 0.375 e. The number of hydrogen-bond acceptors (Lipinski definition) is 3. The highest BCUT2D eigenvalue weighted by Crippen LogP contribution is 2.10. The van der Waals surface area contributed by atoms with Crippen molar-refractivity contribution >= 4 is 0 Å². The van der Waals surface area contributed by atoms with Crippen LogP contribution in [-0.2, 0) is 9.47 Å². The molecule has 1 heterocycles. The molecule has 0 bridgehead atoms. The lowest BCUT2D eigenvalue weighted by Gasteiger charge is -2.06. The number of hydrogen-bond donors (Lipinski definition) is 0. The van der Waals surface area contributed by atoms with Gasteiger partial charge >= 0.3 is 0 Å². The molecule has 0 aromatic rings. The second-order valence-electron chi connectivity index (χ2n) is 2.46. The van der Waals surface area contributed by atoms with Crippen LogP contribution in [0.5, 0.6) is 0 Å². The van der Waals surface area contributed by atoms with Crippen LogP contribution in [0.4, 0.5) is 0 Å². The molecule has 0 N–H and O–H groups in total. The minimum atomic E-state index is 0.0502. The molecule has 2 unspecified atom stereocenters. The van der Waals surface area contributed by atoms with Crippen molar-refractivity contribution in [3.8, 4) is 6.07 Å². The molecule has 0 aromatic carbocycles. The van der Waals surface area contributed by atoms with Gasteiger partial charge in [-0.25, -0.2) is 0 Å². The first-order valence-electron chi connectivity index (χ1n) is 3.43. The van der Waals surface area contributed by atoms with E-state index in [9.17, 15) is 0 Å². The summed E-state index contributed by atoms with van der Waals surface area (Å²) in [6.07, 6.45) is 0.822. The zero-order chi connectivity index (χ0) is 7.40. The Morgan fingerprint density at radius 3 is 3.10 bits per heavy atom. The lowest BCUT2D eigenvalue weighted by molar-refractivity contribution is 0.0575. The van der Waals surface area contributed by atoms with Gasteiger partial charge in [0.15, 0.2) is 0 Å². The van der Waals surface area contributed by atoms with Gasteiger partial charge in [-0.3, -0.25) is 0 Å². The number of ether oxygens (including phenoxy) is 2. The molecule has 10 heavy (non-hydrogen) atoms. The predicted octanol–water partition coefficient (Wildman–Crippen LogP) is 0.704. The Kier molecular flexibility index (Phi) is 2.67. The summed E-state index contributed by atoms with van der Waals surface area (Å²) >= 11 is 0. The van der Waals surface area contributed by atoms with Gasteiger partial charge in [-0.15, -0.1) is 0 Å². The highest BCUT2D eigenvalue weighted by molar-refractivity contribution is 4.75. The monoisotopic (exact) mass is 141 g/mol. The summed E-state index contributed by atoms with van der Waals surface area (Å²) in [6.45, 7) is 3.35. The molecule has 0 saturated carbocycles.